The Labute approximate surface area is 160 Å². The van der Waals surface area contributed by atoms with Gasteiger partial charge in [0.15, 0.2) is 0 Å². The Kier molecular flexibility index (Phi) is 5.58. The quantitative estimate of drug-likeness (QED) is 0.725. The van der Waals surface area contributed by atoms with Crippen molar-refractivity contribution < 1.29 is 4.74 Å². The van der Waals surface area contributed by atoms with Crippen molar-refractivity contribution in [2.75, 3.05) is 7.11 Å². The summed E-state index contributed by atoms with van der Waals surface area (Å²) >= 11 is 6.85. The Balaban J connectivity index is 2.01. The van der Waals surface area contributed by atoms with Crippen molar-refractivity contribution in [2.45, 2.75) is 32.6 Å². The lowest BCUT2D eigenvalue weighted by Crippen LogP contribution is -2.23. The van der Waals surface area contributed by atoms with Crippen LogP contribution in [0.2, 0.25) is 5.02 Å². The number of aryl methyl sites for hydroxylation is 1. The lowest BCUT2D eigenvalue weighted by atomic mass is 9.87. The van der Waals surface area contributed by atoms with Gasteiger partial charge in [-0.15, -0.1) is 0 Å². The summed E-state index contributed by atoms with van der Waals surface area (Å²) in [5.41, 5.74) is 12.7. The third kappa shape index (κ3) is 3.88. The van der Waals surface area contributed by atoms with Gasteiger partial charge >= 0.3 is 0 Å². The fourth-order valence-electron chi connectivity index (χ4n) is 3.23. The third-order valence-corrected chi connectivity index (χ3v) is 5.34. The Morgan fingerprint density at radius 3 is 2.65 bits per heavy atom. The predicted molar refractivity (Wildman–Crippen MR) is 109 cm³/mol. The molecule has 0 amide bonds. The standard InChI is InChI=1S/C22H25ClN2O/c1-14-10-11-19(17-8-5-9-18(12-17)26-3)22(23)20(14)13-21(25-15(2)24)16-6-4-7-16/h5,8-12,25H,2,4,6-7,13,24H2,1,3H3. The molecule has 0 heterocycles. The highest BCUT2D eigenvalue weighted by Gasteiger charge is 2.18. The number of halogens is 1. The zero-order valence-corrected chi connectivity index (χ0v) is 16.1. The van der Waals surface area contributed by atoms with E-state index in [1.165, 1.54) is 17.6 Å². The minimum Gasteiger partial charge on any atom is -0.497 e. The molecule has 0 saturated heterocycles. The second-order valence-corrected chi connectivity index (χ2v) is 7.10. The van der Waals surface area contributed by atoms with E-state index in [2.05, 4.69) is 31.0 Å². The molecular weight excluding hydrogens is 344 g/mol. The molecule has 0 aliphatic heterocycles. The van der Waals surface area contributed by atoms with Gasteiger partial charge in [-0.3, -0.25) is 0 Å². The highest BCUT2D eigenvalue weighted by atomic mass is 35.5. The van der Waals surface area contributed by atoms with Crippen LogP contribution >= 0.6 is 11.6 Å². The average molecular weight is 369 g/mol. The van der Waals surface area contributed by atoms with Crippen LogP contribution in [0.15, 0.2) is 60.1 Å². The molecule has 0 unspecified atom stereocenters. The number of hydrogen-bond acceptors (Lipinski definition) is 3. The number of rotatable bonds is 6. The van der Waals surface area contributed by atoms with Crippen LogP contribution in [0.1, 0.15) is 30.4 Å². The smallest absolute Gasteiger partial charge is 0.119 e. The number of ether oxygens (including phenoxy) is 1. The van der Waals surface area contributed by atoms with Crippen LogP contribution in [-0.4, -0.2) is 7.11 Å². The number of benzene rings is 2. The molecule has 1 saturated carbocycles. The van der Waals surface area contributed by atoms with Gasteiger partial charge in [-0.2, -0.15) is 0 Å². The minimum atomic E-state index is 0.470. The number of nitrogens with two attached hydrogens (primary N) is 1. The molecule has 1 aliphatic carbocycles. The molecule has 136 valence electrons. The number of methoxy groups -OCH3 is 1. The summed E-state index contributed by atoms with van der Waals surface area (Å²) in [7, 11) is 1.67. The highest BCUT2D eigenvalue weighted by Crippen LogP contribution is 2.37. The Hall–Kier alpha value is -2.39. The van der Waals surface area contributed by atoms with E-state index in [-0.39, 0.29) is 0 Å². The molecule has 3 rings (SSSR count). The zero-order valence-electron chi connectivity index (χ0n) is 15.4. The van der Waals surface area contributed by atoms with Crippen LogP contribution in [0.4, 0.5) is 0 Å². The average Bonchev–Trinajstić information content (AvgIpc) is 2.56. The minimum absolute atomic E-state index is 0.470. The Bertz CT molecular complexity index is 864. The van der Waals surface area contributed by atoms with Crippen LogP contribution in [0, 0.1) is 6.92 Å². The fraction of sp³-hybridized carbons (Fsp3) is 0.273. The predicted octanol–water partition coefficient (Wildman–Crippen LogP) is 5.32. The SMILES string of the molecule is C=C(N)NC(Cc1c(C)ccc(-c2cccc(OC)c2)c1Cl)=C1CCC1. The van der Waals surface area contributed by atoms with Gasteiger partial charge in [0.25, 0.3) is 0 Å². The molecule has 2 aromatic carbocycles. The molecule has 1 aliphatic rings. The van der Waals surface area contributed by atoms with E-state index in [1.807, 2.05) is 24.3 Å². The summed E-state index contributed by atoms with van der Waals surface area (Å²) in [6, 6.07) is 12.2. The lowest BCUT2D eigenvalue weighted by molar-refractivity contribution is 0.415. The zero-order chi connectivity index (χ0) is 18.7. The van der Waals surface area contributed by atoms with Crippen molar-refractivity contribution in [3.8, 4) is 16.9 Å². The topological polar surface area (TPSA) is 47.3 Å². The molecule has 1 fully saturated rings. The van der Waals surface area contributed by atoms with Crippen LogP contribution in [0.3, 0.4) is 0 Å². The molecule has 26 heavy (non-hydrogen) atoms. The third-order valence-electron chi connectivity index (χ3n) is 4.91. The van der Waals surface area contributed by atoms with Crippen LogP contribution < -0.4 is 15.8 Å². The summed E-state index contributed by atoms with van der Waals surface area (Å²) in [5.74, 6) is 1.29. The second-order valence-electron chi connectivity index (χ2n) is 6.72. The largest absolute Gasteiger partial charge is 0.497 e. The van der Waals surface area contributed by atoms with Crippen LogP contribution in [0.5, 0.6) is 5.75 Å². The normalized spacial score (nSPS) is 13.1. The molecule has 4 heteroatoms. The van der Waals surface area contributed by atoms with E-state index in [0.29, 0.717) is 5.82 Å². The van der Waals surface area contributed by atoms with E-state index in [1.54, 1.807) is 7.11 Å². The lowest BCUT2D eigenvalue weighted by Gasteiger charge is -2.24. The van der Waals surface area contributed by atoms with Crippen molar-refractivity contribution in [3.63, 3.8) is 0 Å². The molecule has 2 aromatic rings. The molecular formula is C22H25ClN2O. The van der Waals surface area contributed by atoms with E-state index in [4.69, 9.17) is 22.1 Å². The van der Waals surface area contributed by atoms with Crippen molar-refractivity contribution in [3.05, 3.63) is 76.2 Å². The molecule has 0 bridgehead atoms. The molecule has 3 nitrogen and oxygen atoms in total. The summed E-state index contributed by atoms with van der Waals surface area (Å²) in [6.07, 6.45) is 4.19. The van der Waals surface area contributed by atoms with Crippen molar-refractivity contribution in [1.82, 2.24) is 5.32 Å². The van der Waals surface area contributed by atoms with Gasteiger partial charge in [-0.05, 0) is 55.0 Å². The monoisotopic (exact) mass is 368 g/mol. The number of nitrogens with one attached hydrogen (secondary N) is 1. The van der Waals surface area contributed by atoms with Gasteiger partial charge in [0.1, 0.15) is 5.75 Å². The second kappa shape index (κ2) is 7.88. The molecule has 0 radical (unpaired) electrons. The van der Waals surface area contributed by atoms with Crippen molar-refractivity contribution in [1.29, 1.82) is 0 Å². The summed E-state index contributed by atoms with van der Waals surface area (Å²) in [6.45, 7) is 5.89. The van der Waals surface area contributed by atoms with Crippen molar-refractivity contribution >= 4 is 11.6 Å². The molecule has 3 N–H and O–H groups in total. The molecule has 0 spiro atoms. The maximum Gasteiger partial charge on any atom is 0.119 e. The van der Waals surface area contributed by atoms with Gasteiger partial charge in [0.2, 0.25) is 0 Å². The van der Waals surface area contributed by atoms with E-state index >= 15 is 0 Å². The fourth-order valence-corrected chi connectivity index (χ4v) is 3.62. The van der Waals surface area contributed by atoms with E-state index in [9.17, 15) is 0 Å². The molecule has 0 atom stereocenters. The maximum absolute atomic E-state index is 6.85. The van der Waals surface area contributed by atoms with E-state index in [0.717, 1.165) is 52.4 Å². The van der Waals surface area contributed by atoms with Crippen LogP contribution in [-0.2, 0) is 6.42 Å². The number of allylic oxidation sites excluding steroid dienone is 2. The highest BCUT2D eigenvalue weighted by molar-refractivity contribution is 6.34. The number of hydrogen-bond donors (Lipinski definition) is 2. The summed E-state index contributed by atoms with van der Waals surface area (Å²) < 4.78 is 5.35. The first-order valence-corrected chi connectivity index (χ1v) is 9.22. The first-order valence-electron chi connectivity index (χ1n) is 8.84. The molecule has 0 aromatic heterocycles. The van der Waals surface area contributed by atoms with Gasteiger partial charge < -0.3 is 15.8 Å². The van der Waals surface area contributed by atoms with Gasteiger partial charge in [0, 0.05) is 17.7 Å². The Morgan fingerprint density at radius 2 is 2.04 bits per heavy atom. The Morgan fingerprint density at radius 1 is 1.27 bits per heavy atom. The van der Waals surface area contributed by atoms with Gasteiger partial charge in [-0.1, -0.05) is 48.0 Å². The van der Waals surface area contributed by atoms with Gasteiger partial charge in [0.05, 0.1) is 18.0 Å². The van der Waals surface area contributed by atoms with E-state index < -0.39 is 0 Å². The summed E-state index contributed by atoms with van der Waals surface area (Å²) in [5, 5.41) is 4.02. The van der Waals surface area contributed by atoms with Crippen LogP contribution in [0.25, 0.3) is 11.1 Å². The van der Waals surface area contributed by atoms with Gasteiger partial charge in [-0.25, -0.2) is 0 Å². The first kappa shape index (κ1) is 18.4. The first-order chi connectivity index (χ1) is 12.5. The van der Waals surface area contributed by atoms with Crippen molar-refractivity contribution in [2.24, 2.45) is 5.73 Å². The maximum atomic E-state index is 6.85. The summed E-state index contributed by atoms with van der Waals surface area (Å²) in [4.78, 5) is 0.